The zero-order valence-electron chi connectivity index (χ0n) is 9.30. The first-order valence-electron chi connectivity index (χ1n) is 6.23. The SMILES string of the molecule is CCNC1CC(OCC2CCCC2)C1. The Morgan fingerprint density at radius 1 is 1.21 bits per heavy atom. The summed E-state index contributed by atoms with van der Waals surface area (Å²) in [4.78, 5) is 0. The second-order valence-corrected chi connectivity index (χ2v) is 4.83. The lowest BCUT2D eigenvalue weighted by atomic mass is 9.89. The summed E-state index contributed by atoms with van der Waals surface area (Å²) >= 11 is 0. The molecular formula is C12H23NO. The monoisotopic (exact) mass is 197 g/mol. The average molecular weight is 197 g/mol. The molecule has 0 aliphatic heterocycles. The first-order chi connectivity index (χ1) is 6.88. The molecular weight excluding hydrogens is 174 g/mol. The van der Waals surface area contributed by atoms with E-state index in [0.29, 0.717) is 6.10 Å². The highest BCUT2D eigenvalue weighted by Gasteiger charge is 2.29. The molecule has 2 aliphatic rings. The predicted octanol–water partition coefficient (Wildman–Crippen LogP) is 2.33. The van der Waals surface area contributed by atoms with Gasteiger partial charge >= 0.3 is 0 Å². The Morgan fingerprint density at radius 3 is 2.57 bits per heavy atom. The van der Waals surface area contributed by atoms with Gasteiger partial charge in [0.1, 0.15) is 0 Å². The van der Waals surface area contributed by atoms with Gasteiger partial charge in [0, 0.05) is 12.6 Å². The molecule has 1 N–H and O–H groups in total. The summed E-state index contributed by atoms with van der Waals surface area (Å²) in [6.07, 6.45) is 8.71. The van der Waals surface area contributed by atoms with Crippen LogP contribution in [-0.4, -0.2) is 25.3 Å². The van der Waals surface area contributed by atoms with Crippen LogP contribution in [0.1, 0.15) is 45.4 Å². The Hall–Kier alpha value is -0.0800. The van der Waals surface area contributed by atoms with Crippen LogP contribution in [0.5, 0.6) is 0 Å². The van der Waals surface area contributed by atoms with Gasteiger partial charge in [-0.1, -0.05) is 19.8 Å². The van der Waals surface area contributed by atoms with Crippen LogP contribution in [0, 0.1) is 5.92 Å². The van der Waals surface area contributed by atoms with Crippen molar-refractivity contribution < 1.29 is 4.74 Å². The number of hydrogen-bond acceptors (Lipinski definition) is 2. The minimum absolute atomic E-state index is 0.569. The highest BCUT2D eigenvalue weighted by Crippen LogP contribution is 2.28. The van der Waals surface area contributed by atoms with Crippen LogP contribution < -0.4 is 5.32 Å². The lowest BCUT2D eigenvalue weighted by Crippen LogP contribution is -2.45. The zero-order chi connectivity index (χ0) is 9.80. The smallest absolute Gasteiger partial charge is 0.0605 e. The molecule has 0 atom stereocenters. The van der Waals surface area contributed by atoms with E-state index in [2.05, 4.69) is 12.2 Å². The maximum atomic E-state index is 5.90. The number of rotatable bonds is 5. The van der Waals surface area contributed by atoms with Crippen LogP contribution in [0.2, 0.25) is 0 Å². The number of nitrogens with one attached hydrogen (secondary N) is 1. The van der Waals surface area contributed by atoms with Crippen molar-refractivity contribution in [2.24, 2.45) is 5.92 Å². The minimum atomic E-state index is 0.569. The second-order valence-electron chi connectivity index (χ2n) is 4.83. The average Bonchev–Trinajstić information content (AvgIpc) is 2.61. The first-order valence-corrected chi connectivity index (χ1v) is 6.23. The molecule has 2 aliphatic carbocycles. The fourth-order valence-corrected chi connectivity index (χ4v) is 2.61. The lowest BCUT2D eigenvalue weighted by molar-refractivity contribution is -0.0308. The van der Waals surface area contributed by atoms with Crippen LogP contribution in [-0.2, 0) is 4.74 Å². The van der Waals surface area contributed by atoms with E-state index < -0.39 is 0 Å². The van der Waals surface area contributed by atoms with Gasteiger partial charge in [-0.05, 0) is 38.1 Å². The molecule has 82 valence electrons. The van der Waals surface area contributed by atoms with Crippen LogP contribution in [0.3, 0.4) is 0 Å². The van der Waals surface area contributed by atoms with Crippen molar-refractivity contribution in [2.45, 2.75) is 57.6 Å². The molecule has 2 fully saturated rings. The molecule has 0 radical (unpaired) electrons. The second kappa shape index (κ2) is 5.13. The van der Waals surface area contributed by atoms with Crippen LogP contribution >= 0.6 is 0 Å². The third-order valence-electron chi connectivity index (χ3n) is 3.63. The van der Waals surface area contributed by atoms with E-state index in [-0.39, 0.29) is 0 Å². The Labute approximate surface area is 87.4 Å². The third-order valence-corrected chi connectivity index (χ3v) is 3.63. The van der Waals surface area contributed by atoms with Crippen LogP contribution in [0.4, 0.5) is 0 Å². The molecule has 0 aromatic heterocycles. The summed E-state index contributed by atoms with van der Waals surface area (Å²) in [7, 11) is 0. The highest BCUT2D eigenvalue weighted by atomic mass is 16.5. The number of hydrogen-bond donors (Lipinski definition) is 1. The first kappa shape index (κ1) is 10.4. The van der Waals surface area contributed by atoms with Gasteiger partial charge in [0.15, 0.2) is 0 Å². The largest absolute Gasteiger partial charge is 0.378 e. The van der Waals surface area contributed by atoms with E-state index in [1.165, 1.54) is 38.5 Å². The van der Waals surface area contributed by atoms with Crippen molar-refractivity contribution in [1.29, 1.82) is 0 Å². The molecule has 0 spiro atoms. The molecule has 0 unspecified atom stereocenters. The summed E-state index contributed by atoms with van der Waals surface area (Å²) in [6.45, 7) is 4.30. The predicted molar refractivity (Wildman–Crippen MR) is 58.4 cm³/mol. The van der Waals surface area contributed by atoms with E-state index in [4.69, 9.17) is 4.74 Å². The zero-order valence-corrected chi connectivity index (χ0v) is 9.30. The highest BCUT2D eigenvalue weighted by molar-refractivity contribution is 4.85. The molecule has 0 saturated heterocycles. The summed E-state index contributed by atoms with van der Waals surface area (Å²) in [5.74, 6) is 0.883. The summed E-state index contributed by atoms with van der Waals surface area (Å²) in [5.41, 5.74) is 0. The summed E-state index contributed by atoms with van der Waals surface area (Å²) < 4.78 is 5.90. The molecule has 0 amide bonds. The Bertz CT molecular complexity index is 160. The van der Waals surface area contributed by atoms with Gasteiger partial charge in [0.25, 0.3) is 0 Å². The van der Waals surface area contributed by atoms with Crippen LogP contribution in [0.25, 0.3) is 0 Å². The van der Waals surface area contributed by atoms with E-state index in [1.54, 1.807) is 0 Å². The van der Waals surface area contributed by atoms with Gasteiger partial charge in [0.2, 0.25) is 0 Å². The quantitative estimate of drug-likeness (QED) is 0.730. The Balaban J connectivity index is 1.51. The molecule has 14 heavy (non-hydrogen) atoms. The Morgan fingerprint density at radius 2 is 1.93 bits per heavy atom. The van der Waals surface area contributed by atoms with Crippen LogP contribution in [0.15, 0.2) is 0 Å². The number of ether oxygens (including phenoxy) is 1. The van der Waals surface area contributed by atoms with Gasteiger partial charge in [-0.15, -0.1) is 0 Å². The molecule has 2 saturated carbocycles. The minimum Gasteiger partial charge on any atom is -0.378 e. The van der Waals surface area contributed by atoms with Gasteiger partial charge in [-0.2, -0.15) is 0 Å². The van der Waals surface area contributed by atoms with E-state index >= 15 is 0 Å². The Kier molecular flexibility index (Phi) is 3.82. The van der Waals surface area contributed by atoms with Crippen molar-refractivity contribution in [3.05, 3.63) is 0 Å². The maximum absolute atomic E-state index is 5.90. The van der Waals surface area contributed by atoms with Crippen molar-refractivity contribution in [3.8, 4) is 0 Å². The fourth-order valence-electron chi connectivity index (χ4n) is 2.61. The van der Waals surface area contributed by atoms with Gasteiger partial charge in [-0.25, -0.2) is 0 Å². The maximum Gasteiger partial charge on any atom is 0.0605 e. The molecule has 0 heterocycles. The van der Waals surface area contributed by atoms with Gasteiger partial charge in [-0.3, -0.25) is 0 Å². The summed E-state index contributed by atoms with van der Waals surface area (Å²) in [6, 6.07) is 0.744. The molecule has 2 nitrogen and oxygen atoms in total. The van der Waals surface area contributed by atoms with E-state index in [1.807, 2.05) is 0 Å². The van der Waals surface area contributed by atoms with Gasteiger partial charge < -0.3 is 10.1 Å². The third kappa shape index (κ3) is 2.71. The van der Waals surface area contributed by atoms with Crippen molar-refractivity contribution in [2.75, 3.05) is 13.2 Å². The standard InChI is InChI=1S/C12H23NO/c1-2-13-11-7-12(8-11)14-9-10-5-3-4-6-10/h10-13H,2-9H2,1H3. The molecule has 0 bridgehead atoms. The topological polar surface area (TPSA) is 21.3 Å². The molecule has 2 rings (SSSR count). The fraction of sp³-hybridized carbons (Fsp3) is 1.00. The lowest BCUT2D eigenvalue weighted by Gasteiger charge is -2.36. The summed E-state index contributed by atoms with van der Waals surface area (Å²) in [5, 5.41) is 3.46. The van der Waals surface area contributed by atoms with Gasteiger partial charge in [0.05, 0.1) is 6.10 Å². The normalized spacial score (nSPS) is 33.2. The van der Waals surface area contributed by atoms with Crippen molar-refractivity contribution in [3.63, 3.8) is 0 Å². The van der Waals surface area contributed by atoms with E-state index in [9.17, 15) is 0 Å². The van der Waals surface area contributed by atoms with E-state index in [0.717, 1.165) is 25.1 Å². The van der Waals surface area contributed by atoms with Crippen molar-refractivity contribution in [1.82, 2.24) is 5.32 Å². The molecule has 0 aromatic rings. The van der Waals surface area contributed by atoms with Crippen molar-refractivity contribution >= 4 is 0 Å². The molecule has 2 heteroatoms. The molecule has 0 aromatic carbocycles.